The van der Waals surface area contributed by atoms with Crippen LogP contribution in [0.3, 0.4) is 0 Å². The average molecular weight is 246 g/mol. The fourth-order valence-corrected chi connectivity index (χ4v) is 1.73. The van der Waals surface area contributed by atoms with Crippen LogP contribution in [0, 0.1) is 0 Å². The molecular weight excluding hydrogens is 231 g/mol. The molecule has 0 bridgehead atoms. The first kappa shape index (κ1) is 12.8. The van der Waals surface area contributed by atoms with Crippen LogP contribution in [0.15, 0.2) is 12.4 Å². The van der Waals surface area contributed by atoms with Gasteiger partial charge in [-0.1, -0.05) is 0 Å². The highest BCUT2D eigenvalue weighted by molar-refractivity contribution is 7.98. The van der Waals surface area contributed by atoms with Gasteiger partial charge >= 0.3 is 0 Å². The molecule has 0 saturated heterocycles. The van der Waals surface area contributed by atoms with Gasteiger partial charge in [-0.3, -0.25) is 0 Å². The molecule has 5 heteroatoms. The number of rotatable bonds is 6. The summed E-state index contributed by atoms with van der Waals surface area (Å²) >= 11 is 2.12. The number of aromatic nitrogens is 2. The molecular formula is C10H15FN2S2. The molecule has 1 heterocycles. The highest BCUT2D eigenvalue weighted by Gasteiger charge is 2.05. The molecule has 1 unspecified atom stereocenters. The number of thioether (sulfide) groups is 1. The molecule has 0 N–H and O–H groups in total. The van der Waals surface area contributed by atoms with Gasteiger partial charge in [-0.05, 0) is 31.6 Å². The first-order valence-electron chi connectivity index (χ1n) is 4.85. The molecule has 0 radical (unpaired) electrons. The molecule has 0 saturated carbocycles. The van der Waals surface area contributed by atoms with Crippen LogP contribution in [0.2, 0.25) is 0 Å². The summed E-state index contributed by atoms with van der Waals surface area (Å²) in [6.45, 7) is 2.08. The summed E-state index contributed by atoms with van der Waals surface area (Å²) in [5.41, 5.74) is 1.08. The standard InChI is InChI=1S/C10H15FN2S2/c1-8(14-2)10-12-6-9(7-13-10)4-3-5-15-11/h6-8H,3-5H2,1-2H3. The van der Waals surface area contributed by atoms with E-state index in [4.69, 9.17) is 0 Å². The second-order valence-corrected chi connectivity index (χ2v) is 5.05. The van der Waals surface area contributed by atoms with E-state index in [9.17, 15) is 3.89 Å². The van der Waals surface area contributed by atoms with Crippen molar-refractivity contribution >= 4 is 23.9 Å². The number of aryl methyl sites for hydroxylation is 1. The molecule has 0 amide bonds. The summed E-state index contributed by atoms with van der Waals surface area (Å²) < 4.78 is 11.8. The molecule has 2 nitrogen and oxygen atoms in total. The number of nitrogens with zero attached hydrogens (tertiary/aromatic N) is 2. The SMILES string of the molecule is CSC(C)c1ncc(CCCSF)cn1. The lowest BCUT2D eigenvalue weighted by Crippen LogP contribution is -1.98. The van der Waals surface area contributed by atoms with Crippen molar-refractivity contribution in [3.8, 4) is 0 Å². The molecule has 0 aliphatic heterocycles. The van der Waals surface area contributed by atoms with Crippen molar-refractivity contribution in [3.05, 3.63) is 23.8 Å². The van der Waals surface area contributed by atoms with Gasteiger partial charge in [0.05, 0.1) is 5.25 Å². The normalized spacial score (nSPS) is 12.7. The molecule has 0 aliphatic carbocycles. The van der Waals surface area contributed by atoms with Crippen molar-refractivity contribution in [2.45, 2.75) is 25.0 Å². The van der Waals surface area contributed by atoms with Gasteiger partial charge in [0.1, 0.15) is 5.82 Å². The maximum absolute atomic E-state index is 11.8. The van der Waals surface area contributed by atoms with Crippen LogP contribution in [0.4, 0.5) is 3.89 Å². The van der Waals surface area contributed by atoms with E-state index in [1.165, 1.54) is 0 Å². The van der Waals surface area contributed by atoms with Gasteiger partial charge in [-0.25, -0.2) is 9.97 Å². The zero-order valence-corrected chi connectivity index (χ0v) is 10.6. The molecule has 0 aromatic carbocycles. The van der Waals surface area contributed by atoms with Gasteiger partial charge in [-0.2, -0.15) is 15.6 Å². The second-order valence-electron chi connectivity index (χ2n) is 3.24. The molecule has 84 valence electrons. The zero-order chi connectivity index (χ0) is 11.1. The van der Waals surface area contributed by atoms with E-state index in [-0.39, 0.29) is 0 Å². The Bertz CT molecular complexity index is 279. The molecule has 15 heavy (non-hydrogen) atoms. The Morgan fingerprint density at radius 1 is 1.40 bits per heavy atom. The predicted octanol–water partition coefficient (Wildman–Crippen LogP) is 3.45. The van der Waals surface area contributed by atoms with Crippen LogP contribution in [0.5, 0.6) is 0 Å². The van der Waals surface area contributed by atoms with E-state index in [1.807, 2.05) is 18.6 Å². The highest BCUT2D eigenvalue weighted by atomic mass is 32.2. The lowest BCUT2D eigenvalue weighted by Gasteiger charge is -2.06. The van der Waals surface area contributed by atoms with Gasteiger partial charge in [0.15, 0.2) is 0 Å². The Balaban J connectivity index is 2.49. The predicted molar refractivity (Wildman–Crippen MR) is 65.8 cm³/mol. The van der Waals surface area contributed by atoms with Crippen molar-refractivity contribution in [3.63, 3.8) is 0 Å². The first-order valence-corrected chi connectivity index (χ1v) is 7.02. The number of hydrogen-bond acceptors (Lipinski definition) is 4. The summed E-state index contributed by atoms with van der Waals surface area (Å²) in [6.07, 6.45) is 7.42. The van der Waals surface area contributed by atoms with Gasteiger partial charge in [0, 0.05) is 30.3 Å². The summed E-state index contributed by atoms with van der Waals surface area (Å²) in [6, 6.07) is 0. The average Bonchev–Trinajstić information content (AvgIpc) is 2.29. The zero-order valence-electron chi connectivity index (χ0n) is 8.94. The molecule has 1 atom stereocenters. The van der Waals surface area contributed by atoms with E-state index in [1.54, 1.807) is 11.8 Å². The third-order valence-corrected chi connectivity index (χ3v) is 3.49. The summed E-state index contributed by atoms with van der Waals surface area (Å²) in [7, 11) is 0. The van der Waals surface area contributed by atoms with Crippen molar-refractivity contribution in [1.82, 2.24) is 9.97 Å². The Morgan fingerprint density at radius 3 is 2.60 bits per heavy atom. The summed E-state index contributed by atoms with van der Waals surface area (Å²) in [5, 5.41) is 0.334. The van der Waals surface area contributed by atoms with Gasteiger partial charge < -0.3 is 0 Å². The third kappa shape index (κ3) is 4.38. The Kier molecular flexibility index (Phi) is 6.02. The van der Waals surface area contributed by atoms with Crippen LogP contribution in [-0.2, 0) is 6.42 Å². The van der Waals surface area contributed by atoms with E-state index >= 15 is 0 Å². The van der Waals surface area contributed by atoms with E-state index in [2.05, 4.69) is 16.9 Å². The fraction of sp³-hybridized carbons (Fsp3) is 0.600. The minimum atomic E-state index is 0.334. The number of halogens is 1. The van der Waals surface area contributed by atoms with Crippen LogP contribution < -0.4 is 0 Å². The molecule has 0 fully saturated rings. The largest absolute Gasteiger partial charge is 0.240 e. The van der Waals surface area contributed by atoms with Crippen molar-refractivity contribution in [2.24, 2.45) is 0 Å². The van der Waals surface area contributed by atoms with Gasteiger partial charge in [-0.15, -0.1) is 0 Å². The van der Waals surface area contributed by atoms with Crippen LogP contribution in [0.1, 0.15) is 30.0 Å². The highest BCUT2D eigenvalue weighted by Crippen LogP contribution is 2.21. The maximum Gasteiger partial charge on any atom is 0.140 e. The van der Waals surface area contributed by atoms with Gasteiger partial charge in [0.25, 0.3) is 0 Å². The van der Waals surface area contributed by atoms with E-state index in [0.717, 1.165) is 24.2 Å². The minimum absolute atomic E-state index is 0.334. The van der Waals surface area contributed by atoms with Crippen molar-refractivity contribution in [2.75, 3.05) is 12.0 Å². The Morgan fingerprint density at radius 2 is 2.07 bits per heavy atom. The molecule has 0 aliphatic rings. The molecule has 0 spiro atoms. The van der Waals surface area contributed by atoms with Crippen molar-refractivity contribution < 1.29 is 3.89 Å². The third-order valence-electron chi connectivity index (χ3n) is 2.13. The lowest BCUT2D eigenvalue weighted by molar-refractivity contribution is 0.854. The minimum Gasteiger partial charge on any atom is -0.240 e. The number of hydrogen-bond donors (Lipinski definition) is 0. The quantitative estimate of drug-likeness (QED) is 0.718. The topological polar surface area (TPSA) is 25.8 Å². The summed E-state index contributed by atoms with van der Waals surface area (Å²) in [5.74, 6) is 1.41. The maximum atomic E-state index is 11.8. The van der Waals surface area contributed by atoms with Gasteiger partial charge in [0.2, 0.25) is 0 Å². The van der Waals surface area contributed by atoms with E-state index < -0.39 is 0 Å². The van der Waals surface area contributed by atoms with Crippen LogP contribution in [0.25, 0.3) is 0 Å². The second kappa shape index (κ2) is 7.06. The lowest BCUT2D eigenvalue weighted by atomic mass is 10.2. The Labute approximate surface area is 98.8 Å². The van der Waals surface area contributed by atoms with Crippen molar-refractivity contribution in [1.29, 1.82) is 0 Å². The molecule has 1 aromatic heterocycles. The Hall–Kier alpha value is -0.290. The van der Waals surface area contributed by atoms with Crippen LogP contribution in [-0.4, -0.2) is 22.0 Å². The van der Waals surface area contributed by atoms with E-state index in [0.29, 0.717) is 23.2 Å². The van der Waals surface area contributed by atoms with Crippen LogP contribution >= 0.6 is 23.9 Å². The molecule has 1 aromatic rings. The first-order chi connectivity index (χ1) is 7.27. The smallest absolute Gasteiger partial charge is 0.140 e. The summed E-state index contributed by atoms with van der Waals surface area (Å²) in [4.78, 5) is 8.59. The fourth-order valence-electron chi connectivity index (χ4n) is 1.14. The molecule has 1 rings (SSSR count). The monoisotopic (exact) mass is 246 g/mol.